The first-order chi connectivity index (χ1) is 16.1. The van der Waals surface area contributed by atoms with Crippen molar-refractivity contribution in [3.63, 3.8) is 0 Å². The first-order valence-corrected chi connectivity index (χ1v) is 11.6. The third-order valence-electron chi connectivity index (χ3n) is 5.99. The molecule has 9 heteroatoms. The SMILES string of the molecule is O=C(C[C@@H]1CCCNC1)Nc1ccc2cc1CCc1cncc(c1)Nc1ncc(Cl)c(n1)N2. The highest BCUT2D eigenvalue weighted by Crippen LogP contribution is 2.29. The van der Waals surface area contributed by atoms with E-state index >= 15 is 0 Å². The largest absolute Gasteiger partial charge is 0.339 e. The number of anilines is 5. The molecular weight excluding hydrogens is 438 g/mol. The van der Waals surface area contributed by atoms with Crippen LogP contribution in [0.2, 0.25) is 5.02 Å². The number of carbonyl (C=O) groups excluding carboxylic acids is 1. The van der Waals surface area contributed by atoms with Crippen molar-refractivity contribution >= 4 is 46.3 Å². The number of carbonyl (C=O) groups is 1. The molecule has 8 nitrogen and oxygen atoms in total. The molecule has 3 aromatic rings. The van der Waals surface area contributed by atoms with Crippen LogP contribution in [0, 0.1) is 5.92 Å². The number of amides is 1. The molecule has 1 aromatic carbocycles. The number of aryl methyl sites for hydroxylation is 2. The van der Waals surface area contributed by atoms with Gasteiger partial charge < -0.3 is 21.3 Å². The van der Waals surface area contributed by atoms with Crippen molar-refractivity contribution in [2.45, 2.75) is 32.1 Å². The highest BCUT2D eigenvalue weighted by atomic mass is 35.5. The second kappa shape index (κ2) is 9.72. The lowest BCUT2D eigenvalue weighted by Crippen LogP contribution is -2.32. The minimum Gasteiger partial charge on any atom is -0.339 e. The number of halogens is 1. The molecule has 0 unspecified atom stereocenters. The summed E-state index contributed by atoms with van der Waals surface area (Å²) in [6.45, 7) is 1.95. The van der Waals surface area contributed by atoms with Crippen molar-refractivity contribution in [2.24, 2.45) is 5.92 Å². The topological polar surface area (TPSA) is 104 Å². The molecular formula is C24H26ClN7O. The number of rotatable bonds is 3. The molecule has 0 saturated carbocycles. The van der Waals surface area contributed by atoms with Crippen molar-refractivity contribution in [1.29, 1.82) is 0 Å². The summed E-state index contributed by atoms with van der Waals surface area (Å²) < 4.78 is 0. The monoisotopic (exact) mass is 463 g/mol. The molecule has 2 aliphatic rings. The van der Waals surface area contributed by atoms with Crippen LogP contribution in [0.4, 0.5) is 28.8 Å². The van der Waals surface area contributed by atoms with Crippen LogP contribution in [0.1, 0.15) is 30.4 Å². The Morgan fingerprint density at radius 1 is 1.12 bits per heavy atom. The predicted octanol–water partition coefficient (Wildman–Crippen LogP) is 4.44. The van der Waals surface area contributed by atoms with E-state index in [0.29, 0.717) is 29.1 Å². The highest BCUT2D eigenvalue weighted by molar-refractivity contribution is 6.32. The first-order valence-electron chi connectivity index (χ1n) is 11.3. The Bertz CT molecular complexity index is 1160. The summed E-state index contributed by atoms with van der Waals surface area (Å²) >= 11 is 6.34. The summed E-state index contributed by atoms with van der Waals surface area (Å²) in [5.41, 5.74) is 4.60. The summed E-state index contributed by atoms with van der Waals surface area (Å²) in [4.78, 5) is 25.9. The maximum absolute atomic E-state index is 12.8. The Morgan fingerprint density at radius 2 is 2.06 bits per heavy atom. The normalized spacial score (nSPS) is 17.4. The summed E-state index contributed by atoms with van der Waals surface area (Å²) in [7, 11) is 0. The lowest BCUT2D eigenvalue weighted by Gasteiger charge is -2.22. The van der Waals surface area contributed by atoms with Gasteiger partial charge in [-0.1, -0.05) is 11.6 Å². The number of fused-ring (bicyclic) bond motifs is 6. The highest BCUT2D eigenvalue weighted by Gasteiger charge is 2.18. The zero-order chi connectivity index (χ0) is 22.6. The lowest BCUT2D eigenvalue weighted by atomic mass is 9.95. The lowest BCUT2D eigenvalue weighted by molar-refractivity contribution is -0.117. The van der Waals surface area contributed by atoms with Gasteiger partial charge in [-0.3, -0.25) is 9.78 Å². The molecule has 0 radical (unpaired) electrons. The summed E-state index contributed by atoms with van der Waals surface area (Å²) in [6.07, 6.45) is 9.43. The smallest absolute Gasteiger partial charge is 0.229 e. The second-order valence-corrected chi connectivity index (χ2v) is 8.97. The van der Waals surface area contributed by atoms with Gasteiger partial charge in [-0.15, -0.1) is 0 Å². The van der Waals surface area contributed by atoms with Crippen molar-refractivity contribution < 1.29 is 4.79 Å². The fourth-order valence-corrected chi connectivity index (χ4v) is 4.45. The Balaban J connectivity index is 1.43. The van der Waals surface area contributed by atoms with Gasteiger partial charge in [0.15, 0.2) is 5.82 Å². The second-order valence-electron chi connectivity index (χ2n) is 8.56. The maximum Gasteiger partial charge on any atom is 0.229 e. The Morgan fingerprint density at radius 3 is 2.94 bits per heavy atom. The molecule has 4 N–H and O–H groups in total. The van der Waals surface area contributed by atoms with Crippen molar-refractivity contribution in [3.8, 4) is 0 Å². The first kappa shape index (κ1) is 21.6. The molecule has 1 saturated heterocycles. The van der Waals surface area contributed by atoms with Crippen molar-refractivity contribution in [3.05, 3.63) is 59.0 Å². The fourth-order valence-electron chi connectivity index (χ4n) is 4.31. The van der Waals surface area contributed by atoms with E-state index in [2.05, 4.69) is 36.2 Å². The van der Waals surface area contributed by atoms with Gasteiger partial charge in [0.1, 0.15) is 5.02 Å². The standard InChI is InChI=1S/C24H26ClN7O/c25-20-14-28-24-30-19-8-16(12-27-13-19)3-4-17-10-18(29-23(20)32-24)5-6-21(17)31-22(33)9-15-2-1-7-26-11-15/h5-6,8,10,12-15,26H,1-4,7,9,11H2,(H,31,33)(H2,28,29,30,32)/t15-/m0/s1. The molecule has 0 aliphatic carbocycles. The summed E-state index contributed by atoms with van der Waals surface area (Å²) in [5, 5.41) is 13.4. The minimum atomic E-state index is 0.0555. The molecule has 1 atom stereocenters. The molecule has 4 heterocycles. The molecule has 0 spiro atoms. The average molecular weight is 464 g/mol. The van der Waals surface area contributed by atoms with E-state index in [9.17, 15) is 4.79 Å². The molecule has 170 valence electrons. The van der Waals surface area contributed by atoms with Crippen molar-refractivity contribution in [1.82, 2.24) is 20.3 Å². The van der Waals surface area contributed by atoms with Gasteiger partial charge in [0, 0.05) is 24.0 Å². The number of nitrogens with zero attached hydrogens (tertiary/aromatic N) is 3. The number of piperidine rings is 1. The van der Waals surface area contributed by atoms with E-state index in [1.54, 1.807) is 12.4 Å². The van der Waals surface area contributed by atoms with E-state index in [1.807, 2.05) is 30.5 Å². The van der Waals surface area contributed by atoms with Gasteiger partial charge >= 0.3 is 0 Å². The summed E-state index contributed by atoms with van der Waals surface area (Å²) in [6, 6.07) is 7.94. The van der Waals surface area contributed by atoms with Gasteiger partial charge in [0.25, 0.3) is 0 Å². The van der Waals surface area contributed by atoms with Gasteiger partial charge in [-0.05, 0) is 80.1 Å². The molecule has 2 aromatic heterocycles. The number of aromatic nitrogens is 3. The van der Waals surface area contributed by atoms with Crippen LogP contribution >= 0.6 is 11.6 Å². The van der Waals surface area contributed by atoms with E-state index in [1.165, 1.54) is 0 Å². The van der Waals surface area contributed by atoms with Crippen LogP contribution in [0.3, 0.4) is 0 Å². The van der Waals surface area contributed by atoms with Gasteiger partial charge in [0.05, 0.1) is 18.1 Å². The van der Waals surface area contributed by atoms with Crippen LogP contribution in [-0.4, -0.2) is 33.9 Å². The van der Waals surface area contributed by atoms with Gasteiger partial charge in [-0.2, -0.15) is 4.98 Å². The number of hydrogen-bond acceptors (Lipinski definition) is 7. The zero-order valence-electron chi connectivity index (χ0n) is 18.2. The van der Waals surface area contributed by atoms with Crippen LogP contribution in [-0.2, 0) is 17.6 Å². The minimum absolute atomic E-state index is 0.0555. The number of pyridine rings is 1. The molecule has 2 aliphatic heterocycles. The zero-order valence-corrected chi connectivity index (χ0v) is 19.0. The van der Waals surface area contributed by atoms with Crippen LogP contribution in [0.15, 0.2) is 42.9 Å². The Labute approximate surface area is 197 Å². The molecule has 1 amide bonds. The number of hydrogen-bond donors (Lipinski definition) is 4. The van der Waals surface area contributed by atoms with Gasteiger partial charge in [-0.25, -0.2) is 4.98 Å². The third kappa shape index (κ3) is 5.40. The molecule has 5 rings (SSSR count). The molecule has 1 fully saturated rings. The third-order valence-corrected chi connectivity index (χ3v) is 6.27. The van der Waals surface area contributed by atoms with E-state index in [0.717, 1.165) is 67.0 Å². The van der Waals surface area contributed by atoms with E-state index < -0.39 is 0 Å². The van der Waals surface area contributed by atoms with Crippen LogP contribution in [0.5, 0.6) is 0 Å². The van der Waals surface area contributed by atoms with E-state index in [-0.39, 0.29) is 5.91 Å². The summed E-state index contributed by atoms with van der Waals surface area (Å²) in [5.74, 6) is 1.38. The molecule has 6 bridgehead atoms. The van der Waals surface area contributed by atoms with Gasteiger partial charge in [0.2, 0.25) is 11.9 Å². The number of benzene rings is 1. The predicted molar refractivity (Wildman–Crippen MR) is 131 cm³/mol. The van der Waals surface area contributed by atoms with Crippen LogP contribution in [0.25, 0.3) is 0 Å². The Kier molecular flexibility index (Phi) is 6.37. The quantitative estimate of drug-likeness (QED) is 0.455. The average Bonchev–Trinajstić information content (AvgIpc) is 2.82. The number of nitrogens with one attached hydrogen (secondary N) is 4. The molecule has 33 heavy (non-hydrogen) atoms. The van der Waals surface area contributed by atoms with E-state index in [4.69, 9.17) is 11.6 Å². The Hall–Kier alpha value is -3.23. The fraction of sp³-hybridized carbons (Fsp3) is 0.333. The maximum atomic E-state index is 12.8. The van der Waals surface area contributed by atoms with Crippen LogP contribution < -0.4 is 21.3 Å². The van der Waals surface area contributed by atoms with Crippen molar-refractivity contribution in [2.75, 3.05) is 29.0 Å².